The van der Waals surface area contributed by atoms with Crippen LogP contribution in [0.25, 0.3) is 0 Å². The van der Waals surface area contributed by atoms with Gasteiger partial charge in [-0.15, -0.1) is 35.3 Å². The fourth-order valence-electron chi connectivity index (χ4n) is 2.39. The van der Waals surface area contributed by atoms with Gasteiger partial charge in [-0.3, -0.25) is 9.79 Å². The summed E-state index contributed by atoms with van der Waals surface area (Å²) >= 11 is 1.66. The first kappa shape index (κ1) is 23.4. The number of aliphatic imine (C=N–C) groups is 1. The number of guanidine groups is 1. The van der Waals surface area contributed by atoms with Crippen molar-refractivity contribution < 1.29 is 4.79 Å². The Morgan fingerprint density at radius 1 is 1.19 bits per heavy atom. The molecular formula is C19H28IN5OS. The maximum Gasteiger partial charge on any atom is 0.251 e. The molecule has 0 unspecified atom stereocenters. The van der Waals surface area contributed by atoms with E-state index in [0.29, 0.717) is 25.2 Å². The quantitative estimate of drug-likeness (QED) is 0.225. The van der Waals surface area contributed by atoms with Gasteiger partial charge in [0.05, 0.1) is 10.7 Å². The highest BCUT2D eigenvalue weighted by Crippen LogP contribution is 2.08. The van der Waals surface area contributed by atoms with Gasteiger partial charge in [0.2, 0.25) is 0 Å². The molecule has 0 bridgehead atoms. The van der Waals surface area contributed by atoms with Crippen LogP contribution in [0.3, 0.4) is 0 Å². The number of nitrogens with one attached hydrogen (secondary N) is 3. The number of halogens is 1. The van der Waals surface area contributed by atoms with Gasteiger partial charge in [0.1, 0.15) is 0 Å². The van der Waals surface area contributed by atoms with Crippen molar-refractivity contribution in [2.75, 3.05) is 26.2 Å². The number of aryl methyl sites for hydroxylation is 2. The Hall–Kier alpha value is -1.68. The van der Waals surface area contributed by atoms with Gasteiger partial charge in [-0.25, -0.2) is 4.98 Å². The molecule has 6 nitrogen and oxygen atoms in total. The standard InChI is InChI=1S/C19H27N5OS.HI/c1-4-20-19(22-9-8-17-13-26-15(3)24-17)23-11-10-21-18(25)16-7-5-6-14(2)12-16;/h5-7,12-13H,4,8-11H2,1-3H3,(H,21,25)(H2,20,22,23);1H. The molecule has 0 fully saturated rings. The van der Waals surface area contributed by atoms with Gasteiger partial charge >= 0.3 is 0 Å². The molecule has 1 aromatic heterocycles. The van der Waals surface area contributed by atoms with Crippen LogP contribution in [-0.4, -0.2) is 43.0 Å². The van der Waals surface area contributed by atoms with Crippen LogP contribution >= 0.6 is 35.3 Å². The average Bonchev–Trinajstić information content (AvgIpc) is 3.03. The first-order valence-corrected chi connectivity index (χ1v) is 9.74. The van der Waals surface area contributed by atoms with E-state index in [-0.39, 0.29) is 29.9 Å². The average molecular weight is 501 g/mol. The third-order valence-corrected chi connectivity index (χ3v) is 4.45. The summed E-state index contributed by atoms with van der Waals surface area (Å²) in [5.41, 5.74) is 2.84. The van der Waals surface area contributed by atoms with Crippen LogP contribution in [-0.2, 0) is 6.42 Å². The summed E-state index contributed by atoms with van der Waals surface area (Å²) in [5.74, 6) is 0.695. The highest BCUT2D eigenvalue weighted by Gasteiger charge is 2.05. The Morgan fingerprint density at radius 3 is 2.63 bits per heavy atom. The number of carbonyl (C=O) groups is 1. The summed E-state index contributed by atoms with van der Waals surface area (Å²) in [6.07, 6.45) is 0.824. The molecule has 8 heteroatoms. The van der Waals surface area contributed by atoms with Crippen LogP contribution < -0.4 is 16.0 Å². The van der Waals surface area contributed by atoms with E-state index in [4.69, 9.17) is 0 Å². The molecule has 1 amide bonds. The first-order chi connectivity index (χ1) is 12.6. The fourth-order valence-corrected chi connectivity index (χ4v) is 3.04. The van der Waals surface area contributed by atoms with E-state index in [1.807, 2.05) is 45.0 Å². The molecule has 0 aliphatic carbocycles. The zero-order valence-corrected chi connectivity index (χ0v) is 19.2. The summed E-state index contributed by atoms with van der Waals surface area (Å²) in [4.78, 5) is 21.1. The molecule has 0 saturated heterocycles. The minimum atomic E-state index is -0.0589. The van der Waals surface area contributed by atoms with Gasteiger partial charge in [-0.2, -0.15) is 0 Å². The Balaban J connectivity index is 0.00000364. The van der Waals surface area contributed by atoms with Crippen LogP contribution in [0, 0.1) is 13.8 Å². The zero-order chi connectivity index (χ0) is 18.8. The molecular weight excluding hydrogens is 473 g/mol. The van der Waals surface area contributed by atoms with Gasteiger partial charge in [-0.05, 0) is 32.9 Å². The van der Waals surface area contributed by atoms with Crippen molar-refractivity contribution in [1.82, 2.24) is 20.9 Å². The number of hydrogen-bond donors (Lipinski definition) is 3. The van der Waals surface area contributed by atoms with Crippen molar-refractivity contribution in [2.45, 2.75) is 27.2 Å². The van der Waals surface area contributed by atoms with Crippen LogP contribution in [0.4, 0.5) is 0 Å². The highest BCUT2D eigenvalue weighted by atomic mass is 127. The molecule has 1 heterocycles. The second kappa shape index (κ2) is 12.7. The Labute approximate surface area is 182 Å². The number of rotatable bonds is 8. The molecule has 1 aromatic carbocycles. The third-order valence-electron chi connectivity index (χ3n) is 3.63. The van der Waals surface area contributed by atoms with Gasteiger partial charge in [0.15, 0.2) is 5.96 Å². The lowest BCUT2D eigenvalue weighted by Crippen LogP contribution is -2.41. The van der Waals surface area contributed by atoms with Gasteiger partial charge < -0.3 is 16.0 Å². The molecule has 0 atom stereocenters. The minimum absolute atomic E-state index is 0. The predicted octanol–water partition coefficient (Wildman–Crippen LogP) is 2.91. The Kier molecular flexibility index (Phi) is 11.0. The van der Waals surface area contributed by atoms with Crippen molar-refractivity contribution >= 4 is 47.2 Å². The van der Waals surface area contributed by atoms with E-state index in [2.05, 4.69) is 31.3 Å². The van der Waals surface area contributed by atoms with Crippen molar-refractivity contribution in [2.24, 2.45) is 4.99 Å². The van der Waals surface area contributed by atoms with Crippen molar-refractivity contribution in [1.29, 1.82) is 0 Å². The number of nitrogens with zero attached hydrogens (tertiary/aromatic N) is 2. The second-order valence-corrected chi connectivity index (χ2v) is 6.98. The maximum atomic E-state index is 12.1. The molecule has 3 N–H and O–H groups in total. The summed E-state index contributed by atoms with van der Waals surface area (Å²) in [6.45, 7) is 8.62. The predicted molar refractivity (Wildman–Crippen MR) is 123 cm³/mol. The van der Waals surface area contributed by atoms with E-state index >= 15 is 0 Å². The lowest BCUT2D eigenvalue weighted by Gasteiger charge is -2.12. The number of hydrogen-bond acceptors (Lipinski definition) is 4. The molecule has 148 valence electrons. The van der Waals surface area contributed by atoms with Crippen LogP contribution in [0.15, 0.2) is 34.6 Å². The topological polar surface area (TPSA) is 78.4 Å². The number of benzene rings is 1. The van der Waals surface area contributed by atoms with E-state index in [9.17, 15) is 4.79 Å². The molecule has 0 aliphatic heterocycles. The summed E-state index contributed by atoms with van der Waals surface area (Å²) in [6, 6.07) is 7.57. The van der Waals surface area contributed by atoms with Crippen LogP contribution in [0.2, 0.25) is 0 Å². The first-order valence-electron chi connectivity index (χ1n) is 8.86. The number of aromatic nitrogens is 1. The number of carbonyl (C=O) groups excluding carboxylic acids is 1. The van der Waals surface area contributed by atoms with E-state index in [1.165, 1.54) is 0 Å². The fraction of sp³-hybridized carbons (Fsp3) is 0.421. The van der Waals surface area contributed by atoms with Crippen molar-refractivity contribution in [3.63, 3.8) is 0 Å². The summed E-state index contributed by atoms with van der Waals surface area (Å²) < 4.78 is 0. The Bertz CT molecular complexity index is 747. The molecule has 0 saturated carbocycles. The smallest absolute Gasteiger partial charge is 0.251 e. The lowest BCUT2D eigenvalue weighted by molar-refractivity contribution is 0.0954. The molecule has 0 radical (unpaired) electrons. The largest absolute Gasteiger partial charge is 0.357 e. The van der Waals surface area contributed by atoms with E-state index in [0.717, 1.165) is 35.2 Å². The van der Waals surface area contributed by atoms with Crippen molar-refractivity contribution in [3.8, 4) is 0 Å². The molecule has 2 rings (SSSR count). The van der Waals surface area contributed by atoms with Gasteiger partial charge in [0, 0.05) is 43.5 Å². The number of amides is 1. The summed E-state index contributed by atoms with van der Waals surface area (Å²) in [7, 11) is 0. The van der Waals surface area contributed by atoms with Gasteiger partial charge in [-0.1, -0.05) is 17.7 Å². The lowest BCUT2D eigenvalue weighted by atomic mass is 10.1. The SMILES string of the molecule is CCNC(=NCCc1csc(C)n1)NCCNC(=O)c1cccc(C)c1.I. The molecule has 0 spiro atoms. The number of thiazole rings is 1. The zero-order valence-electron chi connectivity index (χ0n) is 16.0. The van der Waals surface area contributed by atoms with Gasteiger partial charge in [0.25, 0.3) is 5.91 Å². The molecule has 0 aliphatic rings. The van der Waals surface area contributed by atoms with E-state index in [1.54, 1.807) is 11.3 Å². The highest BCUT2D eigenvalue weighted by molar-refractivity contribution is 14.0. The van der Waals surface area contributed by atoms with Crippen molar-refractivity contribution in [3.05, 3.63) is 51.5 Å². The monoisotopic (exact) mass is 501 g/mol. The summed E-state index contributed by atoms with van der Waals surface area (Å²) in [5, 5.41) is 12.5. The molecule has 27 heavy (non-hydrogen) atoms. The normalized spacial score (nSPS) is 10.9. The molecule has 2 aromatic rings. The minimum Gasteiger partial charge on any atom is -0.357 e. The van der Waals surface area contributed by atoms with Crippen LogP contribution in [0.5, 0.6) is 0 Å². The Morgan fingerprint density at radius 2 is 1.96 bits per heavy atom. The maximum absolute atomic E-state index is 12.1. The third kappa shape index (κ3) is 8.70. The second-order valence-electron chi connectivity index (χ2n) is 5.92. The van der Waals surface area contributed by atoms with E-state index < -0.39 is 0 Å². The van der Waals surface area contributed by atoms with Crippen LogP contribution in [0.1, 0.15) is 33.5 Å².